The third-order valence-corrected chi connectivity index (χ3v) is 6.75. The summed E-state index contributed by atoms with van der Waals surface area (Å²) in [6.45, 7) is 0. The summed E-state index contributed by atoms with van der Waals surface area (Å²) in [4.78, 5) is 13.1. The van der Waals surface area contributed by atoms with Crippen molar-refractivity contribution in [1.29, 1.82) is 0 Å². The highest BCUT2D eigenvalue weighted by Crippen LogP contribution is 2.73. The monoisotopic (exact) mass is 332 g/mol. The first-order valence-electron chi connectivity index (χ1n) is 8.53. The van der Waals surface area contributed by atoms with E-state index in [1.54, 1.807) is 12.1 Å². The van der Waals surface area contributed by atoms with Crippen molar-refractivity contribution in [2.24, 2.45) is 5.92 Å². The lowest BCUT2D eigenvalue weighted by Crippen LogP contribution is -2.64. The number of ketones is 1. The number of phenols is 1. The molecule has 0 bridgehead atoms. The molecule has 4 aliphatic rings. The fourth-order valence-corrected chi connectivity index (χ4v) is 5.73. The van der Waals surface area contributed by atoms with E-state index in [2.05, 4.69) is 0 Å². The van der Waals surface area contributed by atoms with Crippen molar-refractivity contribution in [2.75, 3.05) is 0 Å². The Kier molecular flexibility index (Phi) is 2.59. The lowest BCUT2D eigenvalue weighted by atomic mass is 9.53. The Morgan fingerprint density at radius 3 is 2.75 bits per heavy atom. The summed E-state index contributed by atoms with van der Waals surface area (Å²) in [6.07, 6.45) is 0.396. The second-order valence-electron chi connectivity index (χ2n) is 7.74. The maximum atomic E-state index is 13.1. The smallest absolute Gasteiger partial charge is 0.201 e. The topological polar surface area (TPSA) is 111 Å². The number of aliphatic hydroxyl groups excluding tert-OH is 2. The van der Waals surface area contributed by atoms with E-state index < -0.39 is 34.9 Å². The normalized spacial score (nSPS) is 48.8. The summed E-state index contributed by atoms with van der Waals surface area (Å²) in [6, 6.07) is 4.59. The summed E-state index contributed by atoms with van der Waals surface area (Å²) >= 11 is 0. The largest absolute Gasteiger partial charge is 0.507 e. The number of hydrogen-bond acceptors (Lipinski definition) is 6. The van der Waals surface area contributed by atoms with Gasteiger partial charge in [0.2, 0.25) is 5.78 Å². The number of rotatable bonds is 0. The highest BCUT2D eigenvalue weighted by atomic mass is 16.7. The molecule has 6 unspecified atom stereocenters. The van der Waals surface area contributed by atoms with Gasteiger partial charge in [-0.1, -0.05) is 12.1 Å². The SMILES string of the molecule is O=C1c2c(O)cccc2C(O)C23OC12CCC1(O)CCCC(O)C13. The molecule has 6 atom stereocenters. The van der Waals surface area contributed by atoms with Crippen LogP contribution in [0.5, 0.6) is 5.75 Å². The second kappa shape index (κ2) is 4.19. The Hall–Kier alpha value is -1.47. The molecular weight excluding hydrogens is 312 g/mol. The van der Waals surface area contributed by atoms with Gasteiger partial charge in [-0.25, -0.2) is 0 Å². The predicted molar refractivity (Wildman–Crippen MR) is 81.5 cm³/mol. The minimum absolute atomic E-state index is 0.105. The number of aliphatic hydroxyl groups is 3. The van der Waals surface area contributed by atoms with Gasteiger partial charge in [0.25, 0.3) is 0 Å². The molecule has 0 aromatic heterocycles. The minimum atomic E-state index is -1.29. The van der Waals surface area contributed by atoms with Crippen LogP contribution in [-0.2, 0) is 4.74 Å². The number of benzene rings is 1. The Morgan fingerprint density at radius 1 is 1.17 bits per heavy atom. The molecule has 3 fully saturated rings. The first-order chi connectivity index (χ1) is 11.4. The summed E-state index contributed by atoms with van der Waals surface area (Å²) < 4.78 is 5.95. The van der Waals surface area contributed by atoms with Crippen molar-refractivity contribution < 1.29 is 30.0 Å². The molecule has 6 heteroatoms. The van der Waals surface area contributed by atoms with Crippen molar-refractivity contribution in [3.63, 3.8) is 0 Å². The van der Waals surface area contributed by atoms with Gasteiger partial charge in [0.1, 0.15) is 17.5 Å². The van der Waals surface area contributed by atoms with Crippen LogP contribution in [0.4, 0.5) is 0 Å². The van der Waals surface area contributed by atoms with Crippen LogP contribution in [0.2, 0.25) is 0 Å². The van der Waals surface area contributed by atoms with E-state index in [-0.39, 0.29) is 23.5 Å². The third kappa shape index (κ3) is 1.37. The summed E-state index contributed by atoms with van der Waals surface area (Å²) in [5, 5.41) is 42.8. The maximum Gasteiger partial charge on any atom is 0.201 e. The first-order valence-corrected chi connectivity index (χ1v) is 8.53. The first kappa shape index (κ1) is 14.8. The Morgan fingerprint density at radius 2 is 1.96 bits per heavy atom. The van der Waals surface area contributed by atoms with Gasteiger partial charge >= 0.3 is 0 Å². The third-order valence-electron chi connectivity index (χ3n) is 6.75. The fourth-order valence-electron chi connectivity index (χ4n) is 5.73. The van der Waals surface area contributed by atoms with Crippen molar-refractivity contribution in [2.45, 2.75) is 61.1 Å². The molecule has 6 nitrogen and oxygen atoms in total. The van der Waals surface area contributed by atoms with Gasteiger partial charge < -0.3 is 25.2 Å². The number of aromatic hydroxyl groups is 1. The zero-order valence-electron chi connectivity index (χ0n) is 13.1. The quantitative estimate of drug-likeness (QED) is 0.524. The number of epoxide rings is 1. The molecule has 2 saturated carbocycles. The van der Waals surface area contributed by atoms with Gasteiger partial charge in [-0.3, -0.25) is 4.79 Å². The maximum absolute atomic E-state index is 13.1. The highest BCUT2D eigenvalue weighted by molar-refractivity contribution is 6.10. The molecule has 1 aromatic rings. The Bertz CT molecular complexity index is 762. The van der Waals surface area contributed by atoms with E-state index in [4.69, 9.17) is 4.74 Å². The standard InChI is InChI=1S/C18H20O6/c19-10-4-1-3-9-12(10)15(22)17-8-7-16(23)6-2-5-11(20)13(16)18(17,24-17)14(9)21/h1,3-4,11,13-14,19-21,23H,2,5-8H2. The van der Waals surface area contributed by atoms with Crippen molar-refractivity contribution in [1.82, 2.24) is 0 Å². The molecule has 1 aromatic carbocycles. The van der Waals surface area contributed by atoms with E-state index in [0.717, 1.165) is 0 Å². The molecule has 1 aliphatic heterocycles. The average molecular weight is 332 g/mol. The summed E-state index contributed by atoms with van der Waals surface area (Å²) in [5.41, 5.74) is -3.25. The molecule has 128 valence electrons. The number of fused-ring (bicyclic) bond motifs is 2. The second-order valence-corrected chi connectivity index (χ2v) is 7.74. The molecule has 1 saturated heterocycles. The average Bonchev–Trinajstić information content (AvgIpc) is 3.24. The minimum Gasteiger partial charge on any atom is -0.507 e. The molecule has 5 rings (SSSR count). The van der Waals surface area contributed by atoms with Crippen molar-refractivity contribution in [3.05, 3.63) is 29.3 Å². The van der Waals surface area contributed by atoms with Crippen LogP contribution in [0, 0.1) is 5.92 Å². The number of carbonyl (C=O) groups excluding carboxylic acids is 1. The van der Waals surface area contributed by atoms with E-state index in [1.165, 1.54) is 6.07 Å². The molecule has 0 radical (unpaired) electrons. The Balaban J connectivity index is 1.73. The zero-order chi connectivity index (χ0) is 16.9. The van der Waals surface area contributed by atoms with Crippen LogP contribution in [0.25, 0.3) is 0 Å². The fraction of sp³-hybridized carbons (Fsp3) is 0.611. The van der Waals surface area contributed by atoms with E-state index in [0.29, 0.717) is 31.2 Å². The van der Waals surface area contributed by atoms with Gasteiger partial charge in [-0.2, -0.15) is 0 Å². The van der Waals surface area contributed by atoms with Gasteiger partial charge in [0.15, 0.2) is 5.60 Å². The number of ether oxygens (including phenoxy) is 1. The predicted octanol–water partition coefficient (Wildman–Crippen LogP) is 0.816. The number of carbonyl (C=O) groups is 1. The van der Waals surface area contributed by atoms with Crippen LogP contribution in [0.3, 0.4) is 0 Å². The van der Waals surface area contributed by atoms with E-state index >= 15 is 0 Å². The van der Waals surface area contributed by atoms with Gasteiger partial charge in [0, 0.05) is 5.92 Å². The Labute approximate surface area is 138 Å². The van der Waals surface area contributed by atoms with Crippen molar-refractivity contribution in [3.8, 4) is 5.75 Å². The highest BCUT2D eigenvalue weighted by Gasteiger charge is 2.87. The number of Topliss-reactive ketones (excluding diaryl/α,β-unsaturated/α-hetero) is 1. The van der Waals surface area contributed by atoms with Crippen molar-refractivity contribution >= 4 is 5.78 Å². The number of hydrogen-bond donors (Lipinski definition) is 4. The van der Waals surface area contributed by atoms with E-state index in [1.807, 2.05) is 0 Å². The van der Waals surface area contributed by atoms with Crippen LogP contribution in [0.15, 0.2) is 18.2 Å². The number of phenolic OH excluding ortho intramolecular Hbond substituents is 1. The van der Waals surface area contributed by atoms with Crippen LogP contribution >= 0.6 is 0 Å². The molecule has 3 aliphatic carbocycles. The van der Waals surface area contributed by atoms with Gasteiger partial charge in [-0.15, -0.1) is 0 Å². The molecule has 1 heterocycles. The van der Waals surface area contributed by atoms with Gasteiger partial charge in [-0.05, 0) is 43.7 Å². The lowest BCUT2D eigenvalue weighted by Gasteiger charge is -2.51. The summed E-state index contributed by atoms with van der Waals surface area (Å²) in [7, 11) is 0. The van der Waals surface area contributed by atoms with E-state index in [9.17, 15) is 25.2 Å². The van der Waals surface area contributed by atoms with Crippen LogP contribution in [0.1, 0.15) is 54.1 Å². The lowest BCUT2D eigenvalue weighted by molar-refractivity contribution is -0.164. The molecule has 0 spiro atoms. The van der Waals surface area contributed by atoms with Gasteiger partial charge in [0.05, 0.1) is 17.3 Å². The summed E-state index contributed by atoms with van der Waals surface area (Å²) in [5.74, 6) is -1.22. The van der Waals surface area contributed by atoms with Crippen LogP contribution in [-0.4, -0.2) is 49.1 Å². The molecular formula is C18H20O6. The van der Waals surface area contributed by atoms with Crippen LogP contribution < -0.4 is 0 Å². The molecule has 24 heavy (non-hydrogen) atoms. The molecule has 0 amide bonds. The zero-order valence-corrected chi connectivity index (χ0v) is 13.1. The molecule has 4 N–H and O–H groups in total.